The van der Waals surface area contributed by atoms with Gasteiger partial charge in [-0.05, 0) is 54.7 Å². The smallest absolute Gasteiger partial charge is 0.264 e. The maximum atomic E-state index is 13.5. The zero-order valence-electron chi connectivity index (χ0n) is 18.8. The van der Waals surface area contributed by atoms with E-state index in [0.29, 0.717) is 35.3 Å². The molecule has 0 radical (unpaired) electrons. The average Bonchev–Trinajstić information content (AvgIpc) is 2.88. The zero-order valence-corrected chi connectivity index (χ0v) is 20.4. The number of para-hydroxylation sites is 1. The first kappa shape index (κ1) is 24.0. The molecule has 0 saturated carbocycles. The molecular weight excluding hydrogens is 468 g/mol. The van der Waals surface area contributed by atoms with Crippen LogP contribution in [0.2, 0.25) is 5.02 Å². The Morgan fingerprint density at radius 1 is 1.00 bits per heavy atom. The number of hydrogen-bond donors (Lipinski definition) is 0. The number of carbonyl (C=O) groups is 1. The van der Waals surface area contributed by atoms with Crippen LogP contribution in [0, 0.1) is 0 Å². The first-order valence-electron chi connectivity index (χ1n) is 11.2. The Kier molecular flexibility index (Phi) is 7.39. The molecule has 0 N–H and O–H groups in total. The fourth-order valence-electron chi connectivity index (χ4n) is 4.34. The van der Waals surface area contributed by atoms with Crippen molar-refractivity contribution in [1.82, 2.24) is 4.90 Å². The van der Waals surface area contributed by atoms with Crippen LogP contribution >= 0.6 is 11.6 Å². The second-order valence-corrected chi connectivity index (χ2v) is 10.6. The summed E-state index contributed by atoms with van der Waals surface area (Å²) in [5.74, 6) is 0.275. The third-order valence-corrected chi connectivity index (χ3v) is 8.23. The van der Waals surface area contributed by atoms with Gasteiger partial charge in [-0.15, -0.1) is 6.58 Å². The van der Waals surface area contributed by atoms with Gasteiger partial charge >= 0.3 is 0 Å². The lowest BCUT2D eigenvalue weighted by atomic mass is 9.89. The lowest BCUT2D eigenvalue weighted by molar-refractivity contribution is 0.0712. The molecule has 0 spiro atoms. The van der Waals surface area contributed by atoms with Crippen molar-refractivity contribution in [3.8, 4) is 0 Å². The number of halogens is 1. The quantitative estimate of drug-likeness (QED) is 0.393. The van der Waals surface area contributed by atoms with Gasteiger partial charge in [0.25, 0.3) is 15.9 Å². The SMILES string of the molecule is C=CCN(c1ccccc1Cl)S(=O)(=O)c1cccc(C(=O)N2CCC(c3ccccc3)CC2)c1. The molecule has 1 aliphatic rings. The van der Waals surface area contributed by atoms with E-state index in [1.54, 1.807) is 41.3 Å². The third kappa shape index (κ3) is 5.03. The number of rotatable bonds is 7. The van der Waals surface area contributed by atoms with Crippen molar-refractivity contribution < 1.29 is 13.2 Å². The largest absolute Gasteiger partial charge is 0.339 e. The summed E-state index contributed by atoms with van der Waals surface area (Å²) in [5, 5.41) is 0.321. The van der Waals surface area contributed by atoms with Gasteiger partial charge in [0.2, 0.25) is 0 Å². The molecular formula is C27H27ClN2O3S. The van der Waals surface area contributed by atoms with Crippen LogP contribution in [0.5, 0.6) is 0 Å². The first-order valence-corrected chi connectivity index (χ1v) is 13.1. The molecule has 34 heavy (non-hydrogen) atoms. The van der Waals surface area contributed by atoms with E-state index in [4.69, 9.17) is 11.6 Å². The maximum absolute atomic E-state index is 13.5. The minimum absolute atomic E-state index is 0.0410. The van der Waals surface area contributed by atoms with Crippen LogP contribution in [0.1, 0.15) is 34.7 Å². The van der Waals surface area contributed by atoms with E-state index >= 15 is 0 Å². The minimum Gasteiger partial charge on any atom is -0.339 e. The molecule has 0 aromatic heterocycles. The summed E-state index contributed by atoms with van der Waals surface area (Å²) < 4.78 is 28.2. The highest BCUT2D eigenvalue weighted by Crippen LogP contribution is 2.31. The Labute approximate surface area is 206 Å². The maximum Gasteiger partial charge on any atom is 0.264 e. The number of hydrogen-bond acceptors (Lipinski definition) is 3. The predicted octanol–water partition coefficient (Wildman–Crippen LogP) is 5.74. The molecule has 1 aliphatic heterocycles. The molecule has 176 valence electrons. The number of amides is 1. The van der Waals surface area contributed by atoms with Gasteiger partial charge in [0.1, 0.15) is 0 Å². The van der Waals surface area contributed by atoms with E-state index < -0.39 is 10.0 Å². The van der Waals surface area contributed by atoms with Crippen LogP contribution in [0.3, 0.4) is 0 Å². The van der Waals surface area contributed by atoms with Gasteiger partial charge in [-0.1, -0.05) is 66.2 Å². The van der Waals surface area contributed by atoms with Crippen molar-refractivity contribution in [1.29, 1.82) is 0 Å². The van der Waals surface area contributed by atoms with E-state index in [9.17, 15) is 13.2 Å². The van der Waals surface area contributed by atoms with E-state index in [0.717, 1.165) is 12.8 Å². The van der Waals surface area contributed by atoms with Crippen LogP contribution in [-0.2, 0) is 10.0 Å². The van der Waals surface area contributed by atoms with Crippen LogP contribution in [0.15, 0.2) is 96.4 Å². The van der Waals surface area contributed by atoms with Crippen LogP contribution in [0.25, 0.3) is 0 Å². The summed E-state index contributed by atoms with van der Waals surface area (Å²) in [5.41, 5.74) is 2.02. The van der Waals surface area contributed by atoms with E-state index in [1.165, 1.54) is 28.1 Å². The van der Waals surface area contributed by atoms with Gasteiger partial charge in [-0.25, -0.2) is 8.42 Å². The summed E-state index contributed by atoms with van der Waals surface area (Å²) in [6.07, 6.45) is 3.27. The molecule has 4 rings (SSSR count). The monoisotopic (exact) mass is 494 g/mol. The lowest BCUT2D eigenvalue weighted by Gasteiger charge is -2.32. The average molecular weight is 495 g/mol. The van der Waals surface area contributed by atoms with Crippen LogP contribution in [-0.4, -0.2) is 38.9 Å². The van der Waals surface area contributed by atoms with Gasteiger partial charge in [0.15, 0.2) is 0 Å². The number of nitrogens with zero attached hydrogens (tertiary/aromatic N) is 2. The van der Waals surface area contributed by atoms with E-state index in [1.807, 2.05) is 18.2 Å². The van der Waals surface area contributed by atoms with Crippen molar-refractivity contribution in [2.75, 3.05) is 23.9 Å². The van der Waals surface area contributed by atoms with Crippen molar-refractivity contribution >= 4 is 33.2 Å². The number of carbonyl (C=O) groups excluding carboxylic acids is 1. The molecule has 1 saturated heterocycles. The van der Waals surface area contributed by atoms with Crippen LogP contribution < -0.4 is 4.31 Å². The van der Waals surface area contributed by atoms with Crippen molar-refractivity contribution in [2.45, 2.75) is 23.7 Å². The second kappa shape index (κ2) is 10.5. The molecule has 0 atom stereocenters. The lowest BCUT2D eigenvalue weighted by Crippen LogP contribution is -2.38. The molecule has 3 aromatic rings. The standard InChI is InChI=1S/C27H27ClN2O3S/c1-2-17-30(26-14-7-6-13-25(26)28)34(32,33)24-12-8-11-23(20-24)27(31)29-18-15-22(16-19-29)21-9-4-3-5-10-21/h2-14,20,22H,1,15-19H2. The highest BCUT2D eigenvalue weighted by Gasteiger charge is 2.28. The fraction of sp³-hybridized carbons (Fsp3) is 0.222. The summed E-state index contributed by atoms with van der Waals surface area (Å²) in [6, 6.07) is 23.3. The molecule has 0 aliphatic carbocycles. The molecule has 0 unspecified atom stereocenters. The van der Waals surface area contributed by atoms with Gasteiger partial charge in [0, 0.05) is 18.7 Å². The Hall–Kier alpha value is -3.09. The molecule has 1 fully saturated rings. The number of benzene rings is 3. The first-order chi connectivity index (χ1) is 16.4. The molecule has 3 aromatic carbocycles. The Bertz CT molecular complexity index is 1270. The molecule has 1 amide bonds. The minimum atomic E-state index is -3.96. The number of likely N-dealkylation sites (tertiary alicyclic amines) is 1. The van der Waals surface area contributed by atoms with E-state index in [2.05, 4.69) is 18.7 Å². The Morgan fingerprint density at radius 2 is 1.68 bits per heavy atom. The number of sulfonamides is 1. The zero-order chi connectivity index (χ0) is 24.1. The normalized spacial score (nSPS) is 14.6. The third-order valence-electron chi connectivity index (χ3n) is 6.14. The summed E-state index contributed by atoms with van der Waals surface area (Å²) in [6.45, 7) is 5.01. The molecule has 0 bridgehead atoms. The molecule has 7 heteroatoms. The van der Waals surface area contributed by atoms with Gasteiger partial charge in [0.05, 0.1) is 22.2 Å². The van der Waals surface area contributed by atoms with E-state index in [-0.39, 0.29) is 17.3 Å². The van der Waals surface area contributed by atoms with Crippen molar-refractivity contribution in [2.24, 2.45) is 0 Å². The topological polar surface area (TPSA) is 57.7 Å². The molecule has 5 nitrogen and oxygen atoms in total. The Balaban J connectivity index is 1.54. The fourth-order valence-corrected chi connectivity index (χ4v) is 6.13. The second-order valence-electron chi connectivity index (χ2n) is 8.28. The summed E-state index contributed by atoms with van der Waals surface area (Å²) in [4.78, 5) is 15.1. The Morgan fingerprint density at radius 3 is 2.35 bits per heavy atom. The number of anilines is 1. The van der Waals surface area contributed by atoms with Crippen molar-refractivity contribution in [3.63, 3.8) is 0 Å². The molecule has 1 heterocycles. The van der Waals surface area contributed by atoms with Gasteiger partial charge < -0.3 is 4.90 Å². The van der Waals surface area contributed by atoms with Crippen LogP contribution in [0.4, 0.5) is 5.69 Å². The number of piperidine rings is 1. The highest BCUT2D eigenvalue weighted by atomic mass is 35.5. The summed E-state index contributed by atoms with van der Waals surface area (Å²) >= 11 is 6.29. The van der Waals surface area contributed by atoms with Crippen molar-refractivity contribution in [3.05, 3.63) is 108 Å². The summed E-state index contributed by atoms with van der Waals surface area (Å²) in [7, 11) is -3.96. The van der Waals surface area contributed by atoms with Gasteiger partial charge in [-0.3, -0.25) is 9.10 Å². The van der Waals surface area contributed by atoms with Gasteiger partial charge in [-0.2, -0.15) is 0 Å². The predicted molar refractivity (Wildman–Crippen MR) is 137 cm³/mol. The highest BCUT2D eigenvalue weighted by molar-refractivity contribution is 7.92.